The Morgan fingerprint density at radius 1 is 1.33 bits per heavy atom. The molecule has 0 aliphatic rings. The third-order valence-corrected chi connectivity index (χ3v) is 4.53. The lowest BCUT2D eigenvalue weighted by atomic mass is 10.0. The molecule has 0 fully saturated rings. The van der Waals surface area contributed by atoms with Crippen LogP contribution < -0.4 is 0 Å². The van der Waals surface area contributed by atoms with Gasteiger partial charge in [0.25, 0.3) is 0 Å². The Morgan fingerprint density at radius 3 is 2.80 bits per heavy atom. The smallest absolute Gasteiger partial charge is 0.123 e. The number of alkyl halides is 1. The largest absolute Gasteiger partial charge is 0.207 e. The van der Waals surface area contributed by atoms with Crippen LogP contribution in [0.25, 0.3) is 0 Å². The summed E-state index contributed by atoms with van der Waals surface area (Å²) in [5.41, 5.74) is 2.10. The fourth-order valence-corrected chi connectivity index (χ4v) is 3.16. The normalized spacial score (nSPS) is 12.7. The molecule has 78 valence electrons. The molecule has 1 aromatic heterocycles. The average Bonchev–Trinajstić information content (AvgIpc) is 2.74. The van der Waals surface area contributed by atoms with Gasteiger partial charge in [-0.15, -0.1) is 11.3 Å². The molecule has 0 saturated carbocycles. The Kier molecular flexibility index (Phi) is 3.22. The standard InChI is InChI=1S/C12H10BrFS/c1-8-4-5-9(14)7-10(8)12(13)11-3-2-6-15-11/h2-7,12H,1H3. The van der Waals surface area contributed by atoms with Crippen LogP contribution in [0.2, 0.25) is 0 Å². The van der Waals surface area contributed by atoms with Gasteiger partial charge in [0.05, 0.1) is 4.83 Å². The molecule has 0 amide bonds. The second-order valence-electron chi connectivity index (χ2n) is 3.38. The molecule has 0 spiro atoms. The molecule has 3 heteroatoms. The van der Waals surface area contributed by atoms with Crippen LogP contribution in [0.4, 0.5) is 4.39 Å². The number of benzene rings is 1. The molecule has 2 rings (SSSR count). The van der Waals surface area contributed by atoms with E-state index in [1.165, 1.54) is 10.9 Å². The fourth-order valence-electron chi connectivity index (χ4n) is 1.47. The van der Waals surface area contributed by atoms with Gasteiger partial charge in [-0.2, -0.15) is 0 Å². The zero-order valence-electron chi connectivity index (χ0n) is 8.21. The van der Waals surface area contributed by atoms with Crippen LogP contribution in [0.15, 0.2) is 35.7 Å². The average molecular weight is 285 g/mol. The van der Waals surface area contributed by atoms with E-state index in [1.807, 2.05) is 24.4 Å². The minimum Gasteiger partial charge on any atom is -0.207 e. The lowest BCUT2D eigenvalue weighted by Crippen LogP contribution is -1.94. The van der Waals surface area contributed by atoms with Crippen molar-refractivity contribution in [3.8, 4) is 0 Å². The Morgan fingerprint density at radius 2 is 2.13 bits per heavy atom. The van der Waals surface area contributed by atoms with Gasteiger partial charge in [0.15, 0.2) is 0 Å². The second-order valence-corrected chi connectivity index (χ2v) is 5.27. The van der Waals surface area contributed by atoms with Gasteiger partial charge in [0.2, 0.25) is 0 Å². The van der Waals surface area contributed by atoms with Gasteiger partial charge < -0.3 is 0 Å². The van der Waals surface area contributed by atoms with Crippen molar-refractivity contribution in [1.29, 1.82) is 0 Å². The number of aryl methyl sites for hydroxylation is 1. The van der Waals surface area contributed by atoms with Crippen LogP contribution in [-0.2, 0) is 0 Å². The predicted molar refractivity (Wildman–Crippen MR) is 66.2 cm³/mol. The van der Waals surface area contributed by atoms with Crippen LogP contribution in [0.1, 0.15) is 20.8 Å². The molecular formula is C12H10BrFS. The third-order valence-electron chi connectivity index (χ3n) is 2.31. The van der Waals surface area contributed by atoms with Crippen LogP contribution in [-0.4, -0.2) is 0 Å². The molecule has 0 saturated heterocycles. The highest BCUT2D eigenvalue weighted by atomic mass is 79.9. The molecule has 0 bridgehead atoms. The maximum Gasteiger partial charge on any atom is 0.123 e. The molecule has 1 unspecified atom stereocenters. The fraction of sp³-hybridized carbons (Fsp3) is 0.167. The third kappa shape index (κ3) is 2.29. The first kappa shape index (κ1) is 10.8. The summed E-state index contributed by atoms with van der Waals surface area (Å²) in [4.78, 5) is 1.29. The monoisotopic (exact) mass is 284 g/mol. The SMILES string of the molecule is Cc1ccc(F)cc1C(Br)c1cccs1. The Labute approximate surface area is 101 Å². The molecule has 0 nitrogen and oxygen atoms in total. The molecule has 15 heavy (non-hydrogen) atoms. The molecule has 0 N–H and O–H groups in total. The highest BCUT2D eigenvalue weighted by Gasteiger charge is 2.14. The van der Waals surface area contributed by atoms with Crippen LogP contribution in [0.5, 0.6) is 0 Å². The maximum absolute atomic E-state index is 13.1. The molecular weight excluding hydrogens is 275 g/mol. The number of hydrogen-bond donors (Lipinski definition) is 0. The van der Waals surface area contributed by atoms with Crippen molar-refractivity contribution in [3.05, 3.63) is 57.5 Å². The van der Waals surface area contributed by atoms with Crippen LogP contribution >= 0.6 is 27.3 Å². The Hall–Kier alpha value is -0.670. The summed E-state index contributed by atoms with van der Waals surface area (Å²) in [7, 11) is 0. The zero-order valence-corrected chi connectivity index (χ0v) is 10.6. The lowest BCUT2D eigenvalue weighted by molar-refractivity contribution is 0.625. The molecule has 2 aromatic rings. The lowest BCUT2D eigenvalue weighted by Gasteiger charge is -2.11. The summed E-state index contributed by atoms with van der Waals surface area (Å²) in [5.74, 6) is -0.184. The molecule has 0 radical (unpaired) electrons. The van der Waals surface area contributed by atoms with E-state index in [0.29, 0.717) is 0 Å². The minimum absolute atomic E-state index is 0.0909. The van der Waals surface area contributed by atoms with E-state index in [0.717, 1.165) is 11.1 Å². The maximum atomic E-state index is 13.1. The number of hydrogen-bond acceptors (Lipinski definition) is 1. The Bertz CT molecular complexity index is 451. The molecule has 1 aromatic carbocycles. The highest BCUT2D eigenvalue weighted by Crippen LogP contribution is 2.35. The minimum atomic E-state index is -0.184. The highest BCUT2D eigenvalue weighted by molar-refractivity contribution is 9.09. The van der Waals surface area contributed by atoms with Crippen molar-refractivity contribution in [3.63, 3.8) is 0 Å². The predicted octanol–water partition coefficient (Wildman–Crippen LogP) is 4.68. The van der Waals surface area contributed by atoms with Crippen molar-refractivity contribution >= 4 is 27.3 Å². The first-order chi connectivity index (χ1) is 7.18. The first-order valence-electron chi connectivity index (χ1n) is 4.62. The number of thiophene rings is 1. The van der Waals surface area contributed by atoms with E-state index >= 15 is 0 Å². The molecule has 0 aliphatic heterocycles. The summed E-state index contributed by atoms with van der Waals surface area (Å²) in [6.07, 6.45) is 0. The van der Waals surface area contributed by atoms with Gasteiger partial charge in [-0.3, -0.25) is 0 Å². The zero-order chi connectivity index (χ0) is 10.8. The van der Waals surface area contributed by atoms with E-state index < -0.39 is 0 Å². The van der Waals surface area contributed by atoms with Crippen molar-refractivity contribution < 1.29 is 4.39 Å². The second kappa shape index (κ2) is 4.45. The van der Waals surface area contributed by atoms with Gasteiger partial charge in [0, 0.05) is 4.88 Å². The summed E-state index contributed by atoms with van der Waals surface area (Å²) in [5, 5.41) is 2.03. The van der Waals surface area contributed by atoms with Crippen LogP contribution in [0, 0.1) is 12.7 Å². The quantitative estimate of drug-likeness (QED) is 0.703. The van der Waals surface area contributed by atoms with Gasteiger partial charge in [-0.25, -0.2) is 4.39 Å². The summed E-state index contributed by atoms with van der Waals surface area (Å²) < 4.78 is 13.1. The molecule has 1 atom stereocenters. The molecule has 1 heterocycles. The van der Waals surface area contributed by atoms with Gasteiger partial charge in [0.1, 0.15) is 5.82 Å². The summed E-state index contributed by atoms with van der Waals surface area (Å²) in [6.45, 7) is 2.00. The first-order valence-corrected chi connectivity index (χ1v) is 6.41. The van der Waals surface area contributed by atoms with Gasteiger partial charge in [-0.1, -0.05) is 28.1 Å². The van der Waals surface area contributed by atoms with Gasteiger partial charge in [-0.05, 0) is 41.6 Å². The topological polar surface area (TPSA) is 0 Å². The van der Waals surface area contributed by atoms with Crippen LogP contribution in [0.3, 0.4) is 0 Å². The van der Waals surface area contributed by atoms with E-state index in [4.69, 9.17) is 0 Å². The van der Waals surface area contributed by atoms with E-state index in [-0.39, 0.29) is 10.6 Å². The van der Waals surface area contributed by atoms with Crippen molar-refractivity contribution in [1.82, 2.24) is 0 Å². The molecule has 0 aliphatic carbocycles. The summed E-state index contributed by atoms with van der Waals surface area (Å²) >= 11 is 5.27. The van der Waals surface area contributed by atoms with E-state index in [9.17, 15) is 4.39 Å². The van der Waals surface area contributed by atoms with Crippen molar-refractivity contribution in [2.24, 2.45) is 0 Å². The van der Waals surface area contributed by atoms with Gasteiger partial charge >= 0.3 is 0 Å². The number of halogens is 2. The summed E-state index contributed by atoms with van der Waals surface area (Å²) in [6, 6.07) is 8.95. The Balaban J connectivity index is 2.41. The van der Waals surface area contributed by atoms with Crippen molar-refractivity contribution in [2.45, 2.75) is 11.8 Å². The van der Waals surface area contributed by atoms with E-state index in [1.54, 1.807) is 17.4 Å². The van der Waals surface area contributed by atoms with Crippen molar-refractivity contribution in [2.75, 3.05) is 0 Å². The van der Waals surface area contributed by atoms with E-state index in [2.05, 4.69) is 22.0 Å². The number of rotatable bonds is 2.